The Morgan fingerprint density at radius 3 is 1.91 bits per heavy atom. The van der Waals surface area contributed by atoms with E-state index in [0.717, 1.165) is 0 Å². The van der Waals surface area contributed by atoms with Crippen molar-refractivity contribution < 1.29 is 38.5 Å². The number of carbonyl (C=O) groups is 4. The molecule has 0 saturated carbocycles. The largest absolute Gasteiger partial charge is 0.480 e. The maximum atomic E-state index is 12.5. The van der Waals surface area contributed by atoms with Gasteiger partial charge in [-0.05, 0) is 36.5 Å². The Bertz CT molecular complexity index is 853. The van der Waals surface area contributed by atoms with Crippen molar-refractivity contribution in [2.75, 3.05) is 6.61 Å². The Kier molecular flexibility index (Phi) is 11.0. The van der Waals surface area contributed by atoms with Crippen molar-refractivity contribution in [2.24, 2.45) is 23.5 Å². The highest BCUT2D eigenvalue weighted by Crippen LogP contribution is 2.36. The minimum atomic E-state index is -1.32. The Morgan fingerprint density at radius 2 is 1.45 bits per heavy atom. The van der Waals surface area contributed by atoms with Gasteiger partial charge < -0.3 is 25.1 Å². The minimum Gasteiger partial charge on any atom is -0.480 e. The molecule has 0 bridgehead atoms. The third-order valence-corrected chi connectivity index (χ3v) is 5.64. The summed E-state index contributed by atoms with van der Waals surface area (Å²) in [6, 6.07) is 3.16. The van der Waals surface area contributed by atoms with Gasteiger partial charge in [0.1, 0.15) is 6.04 Å². The number of ether oxygens (including phenoxy) is 3. The summed E-state index contributed by atoms with van der Waals surface area (Å²) in [5.41, 5.74) is 6.41. The molecule has 1 aromatic rings. The Balaban J connectivity index is 3.45. The summed E-state index contributed by atoms with van der Waals surface area (Å²) in [7, 11) is 0. The molecule has 0 fully saturated rings. The van der Waals surface area contributed by atoms with Crippen molar-refractivity contribution in [3.8, 4) is 11.5 Å². The van der Waals surface area contributed by atoms with E-state index in [0.29, 0.717) is 18.4 Å². The molecule has 0 aliphatic rings. The van der Waals surface area contributed by atoms with Crippen molar-refractivity contribution in [1.82, 2.24) is 0 Å². The number of hydrogen-bond acceptors (Lipinski definition) is 8. The summed E-state index contributed by atoms with van der Waals surface area (Å²) in [5, 5.41) is 9.53. The van der Waals surface area contributed by atoms with Gasteiger partial charge in [0, 0.05) is 12.8 Å². The first-order valence-electron chi connectivity index (χ1n) is 11.1. The third kappa shape index (κ3) is 8.16. The average molecular weight is 466 g/mol. The zero-order valence-corrected chi connectivity index (χ0v) is 20.1. The van der Waals surface area contributed by atoms with Gasteiger partial charge in [0.25, 0.3) is 0 Å². The lowest BCUT2D eigenvalue weighted by Gasteiger charge is -2.28. The highest BCUT2D eigenvalue weighted by Gasteiger charge is 2.33. The Labute approximate surface area is 194 Å². The van der Waals surface area contributed by atoms with Crippen molar-refractivity contribution >= 4 is 23.9 Å². The molecule has 4 unspecified atom stereocenters. The molecule has 1 rings (SSSR count). The maximum Gasteiger partial charge on any atom is 0.321 e. The molecule has 5 atom stereocenters. The van der Waals surface area contributed by atoms with Gasteiger partial charge >= 0.3 is 23.9 Å². The van der Waals surface area contributed by atoms with Crippen molar-refractivity contribution in [2.45, 2.75) is 66.3 Å². The zero-order valence-electron chi connectivity index (χ0n) is 20.1. The van der Waals surface area contributed by atoms with Gasteiger partial charge in [-0.3, -0.25) is 19.2 Å². The van der Waals surface area contributed by atoms with Gasteiger partial charge in [-0.1, -0.05) is 40.7 Å². The second-order valence-corrected chi connectivity index (χ2v) is 8.34. The van der Waals surface area contributed by atoms with E-state index in [1.165, 1.54) is 19.1 Å². The fraction of sp³-hybridized carbons (Fsp3) is 0.583. The maximum absolute atomic E-state index is 12.5. The lowest BCUT2D eigenvalue weighted by atomic mass is 9.82. The predicted octanol–water partition coefficient (Wildman–Crippen LogP) is 3.28. The summed E-state index contributed by atoms with van der Waals surface area (Å²) in [5.74, 6) is -4.68. The van der Waals surface area contributed by atoms with Gasteiger partial charge in [-0.25, -0.2) is 0 Å². The lowest BCUT2D eigenvalue weighted by Crippen LogP contribution is -2.40. The molecule has 0 aliphatic carbocycles. The molecule has 0 heterocycles. The van der Waals surface area contributed by atoms with Crippen LogP contribution in [-0.4, -0.2) is 41.6 Å². The number of carboxylic acids is 1. The smallest absolute Gasteiger partial charge is 0.321 e. The van der Waals surface area contributed by atoms with Crippen LogP contribution in [0.4, 0.5) is 0 Å². The van der Waals surface area contributed by atoms with E-state index in [4.69, 9.17) is 19.9 Å². The number of rotatable bonds is 12. The fourth-order valence-corrected chi connectivity index (χ4v) is 3.04. The number of nitrogens with two attached hydrogens (primary N) is 1. The summed E-state index contributed by atoms with van der Waals surface area (Å²) < 4.78 is 16.0. The van der Waals surface area contributed by atoms with E-state index in [9.17, 15) is 24.3 Å². The van der Waals surface area contributed by atoms with Crippen molar-refractivity contribution in [3.63, 3.8) is 0 Å². The van der Waals surface area contributed by atoms with Gasteiger partial charge in [0.05, 0.1) is 18.4 Å². The summed E-state index contributed by atoms with van der Waals surface area (Å²) >= 11 is 0. The summed E-state index contributed by atoms with van der Waals surface area (Å²) in [4.78, 5) is 47.7. The highest BCUT2D eigenvalue weighted by molar-refractivity contribution is 5.79. The van der Waals surface area contributed by atoms with E-state index in [2.05, 4.69) is 0 Å². The quantitative estimate of drug-likeness (QED) is 0.351. The second-order valence-electron chi connectivity index (χ2n) is 8.34. The third-order valence-electron chi connectivity index (χ3n) is 5.64. The van der Waals surface area contributed by atoms with Crippen LogP contribution in [0.25, 0.3) is 0 Å². The molecular formula is C24H35NO8. The van der Waals surface area contributed by atoms with Crippen LogP contribution in [0.5, 0.6) is 11.5 Å². The summed E-state index contributed by atoms with van der Waals surface area (Å²) in [6.07, 6.45) is 1.12. The van der Waals surface area contributed by atoms with Gasteiger partial charge in [-0.2, -0.15) is 0 Å². The number of esters is 3. The van der Waals surface area contributed by atoms with E-state index in [1.807, 2.05) is 13.8 Å². The molecule has 184 valence electrons. The summed E-state index contributed by atoms with van der Waals surface area (Å²) in [6.45, 7) is 10.0. The topological polar surface area (TPSA) is 142 Å². The molecule has 3 N–H and O–H groups in total. The minimum absolute atomic E-state index is 0.00303. The van der Waals surface area contributed by atoms with Crippen LogP contribution in [0.1, 0.15) is 65.9 Å². The van der Waals surface area contributed by atoms with Gasteiger partial charge in [0.2, 0.25) is 0 Å². The standard InChI is InChI=1S/C24H35NO8/c1-7-13(3)23(29)32-18-10-9-17(11-19(18)33-24(30)14(4)8-2)20(21(25)22(27)28)15(5)12-31-16(6)26/h9-11,13-15,20-21H,7-8,12,25H2,1-6H3,(H,27,28)/t13?,14?,15?,20?,21-/m0/s1. The highest BCUT2D eigenvalue weighted by atomic mass is 16.6. The van der Waals surface area contributed by atoms with Gasteiger partial charge in [-0.15, -0.1) is 0 Å². The number of benzene rings is 1. The SMILES string of the molecule is CCC(C)C(=O)Oc1ccc(C(C(C)COC(C)=O)[C@H](N)C(=O)O)cc1OC(=O)C(C)CC. The van der Waals surface area contributed by atoms with Crippen molar-refractivity contribution in [1.29, 1.82) is 0 Å². The van der Waals surface area contributed by atoms with Crippen LogP contribution in [0.3, 0.4) is 0 Å². The molecule has 1 aromatic carbocycles. The fourth-order valence-electron chi connectivity index (χ4n) is 3.04. The van der Waals surface area contributed by atoms with E-state index < -0.39 is 47.7 Å². The molecule has 33 heavy (non-hydrogen) atoms. The van der Waals surface area contributed by atoms with Crippen LogP contribution in [0.15, 0.2) is 18.2 Å². The predicted molar refractivity (Wildman–Crippen MR) is 121 cm³/mol. The average Bonchev–Trinajstić information content (AvgIpc) is 2.77. The van der Waals surface area contributed by atoms with Crippen molar-refractivity contribution in [3.05, 3.63) is 23.8 Å². The first kappa shape index (κ1) is 28.1. The Hall–Kier alpha value is -2.94. The second kappa shape index (κ2) is 12.9. The number of carboxylic acid groups (broad SMARTS) is 1. The van der Waals surface area contributed by atoms with Crippen LogP contribution in [0, 0.1) is 17.8 Å². The van der Waals surface area contributed by atoms with Crippen LogP contribution < -0.4 is 15.2 Å². The number of hydrogen-bond donors (Lipinski definition) is 2. The molecule has 0 spiro atoms. The first-order valence-corrected chi connectivity index (χ1v) is 11.1. The van der Waals surface area contributed by atoms with E-state index in [1.54, 1.807) is 26.8 Å². The normalized spacial score (nSPS) is 15.5. The molecule has 0 aromatic heterocycles. The lowest BCUT2D eigenvalue weighted by molar-refractivity contribution is -0.143. The number of aliphatic carboxylic acids is 1. The molecule has 0 radical (unpaired) electrons. The van der Waals surface area contributed by atoms with Crippen LogP contribution in [0.2, 0.25) is 0 Å². The first-order chi connectivity index (χ1) is 15.4. The van der Waals surface area contributed by atoms with Crippen LogP contribution >= 0.6 is 0 Å². The monoisotopic (exact) mass is 465 g/mol. The Morgan fingerprint density at radius 1 is 0.939 bits per heavy atom. The zero-order chi connectivity index (χ0) is 25.3. The molecule has 9 heteroatoms. The molecular weight excluding hydrogens is 430 g/mol. The molecule has 0 aliphatic heterocycles. The molecule has 0 amide bonds. The van der Waals surface area contributed by atoms with E-state index in [-0.39, 0.29) is 24.0 Å². The molecule has 9 nitrogen and oxygen atoms in total. The molecule has 0 saturated heterocycles. The van der Waals surface area contributed by atoms with Crippen LogP contribution in [-0.2, 0) is 23.9 Å². The number of carbonyl (C=O) groups excluding carboxylic acids is 3. The van der Waals surface area contributed by atoms with E-state index >= 15 is 0 Å². The van der Waals surface area contributed by atoms with Gasteiger partial charge in [0.15, 0.2) is 11.5 Å².